The number of esters is 1. The lowest BCUT2D eigenvalue weighted by Crippen LogP contribution is -2.64. The Morgan fingerprint density at radius 1 is 0.875 bits per heavy atom. The molecule has 0 bridgehead atoms. The topological polar surface area (TPSA) is 43.4 Å². The highest BCUT2D eigenvalue weighted by atomic mass is 16.5. The Kier molecular flexibility index (Phi) is 6.07. The number of hydrogen-bond acceptors (Lipinski definition) is 3. The van der Waals surface area contributed by atoms with E-state index in [1.54, 1.807) is 12.7 Å². The standard InChI is InChI=1S/C37H50O3/c1-32(2)18-20-37(31(39)40-8)21-19-35(6)26(27(37)23-32)14-15-29-34(5)22-25(24-12-10-9-11-13-24)30(38)33(3,4)28(34)16-17-36(29,35)7/h9-14,22,27-29H,15-21,23H2,1-8H3/t27-,28-,29+,34-,35+,36+,37-/m0/s1. The number of benzene rings is 1. The molecule has 0 heterocycles. The van der Waals surface area contributed by atoms with Crippen LogP contribution in [0.5, 0.6) is 0 Å². The first-order valence-corrected chi connectivity index (χ1v) is 15.8. The van der Waals surface area contributed by atoms with Gasteiger partial charge in [0.25, 0.3) is 0 Å². The van der Waals surface area contributed by atoms with Crippen LogP contribution in [-0.4, -0.2) is 18.9 Å². The first-order chi connectivity index (χ1) is 18.7. The van der Waals surface area contributed by atoms with Crippen molar-refractivity contribution in [3.8, 4) is 0 Å². The van der Waals surface area contributed by atoms with Gasteiger partial charge in [0.05, 0.1) is 12.5 Å². The van der Waals surface area contributed by atoms with Crippen molar-refractivity contribution in [2.75, 3.05) is 7.11 Å². The zero-order valence-corrected chi connectivity index (χ0v) is 26.2. The van der Waals surface area contributed by atoms with Crippen molar-refractivity contribution in [2.45, 2.75) is 99.8 Å². The smallest absolute Gasteiger partial charge is 0.312 e. The van der Waals surface area contributed by atoms with Gasteiger partial charge in [-0.15, -0.1) is 0 Å². The maximum absolute atomic E-state index is 14.0. The highest BCUT2D eigenvalue weighted by molar-refractivity contribution is 6.24. The van der Waals surface area contributed by atoms with E-state index in [-0.39, 0.29) is 39.0 Å². The molecule has 1 aromatic carbocycles. The number of fused-ring (bicyclic) bond motifs is 7. The molecule has 3 nitrogen and oxygen atoms in total. The van der Waals surface area contributed by atoms with Gasteiger partial charge in [-0.05, 0) is 96.3 Å². The molecule has 0 N–H and O–H groups in total. The summed E-state index contributed by atoms with van der Waals surface area (Å²) in [6.45, 7) is 16.8. The van der Waals surface area contributed by atoms with Crippen molar-refractivity contribution < 1.29 is 14.3 Å². The van der Waals surface area contributed by atoms with Crippen molar-refractivity contribution in [3.63, 3.8) is 0 Å². The Hall–Kier alpha value is -2.16. The average Bonchev–Trinajstić information content (AvgIpc) is 2.91. The summed E-state index contributed by atoms with van der Waals surface area (Å²) >= 11 is 0. The van der Waals surface area contributed by atoms with Crippen molar-refractivity contribution in [1.82, 2.24) is 0 Å². The molecule has 3 fully saturated rings. The molecule has 0 aliphatic heterocycles. The fourth-order valence-corrected chi connectivity index (χ4v) is 11.2. The van der Waals surface area contributed by atoms with Gasteiger partial charge in [0, 0.05) is 11.0 Å². The van der Waals surface area contributed by atoms with Crippen LogP contribution in [0.3, 0.4) is 0 Å². The van der Waals surface area contributed by atoms with Crippen LogP contribution in [0.2, 0.25) is 0 Å². The number of rotatable bonds is 2. The Bertz CT molecular complexity index is 1300. The molecule has 1 aromatic rings. The number of carbonyl (C=O) groups is 2. The molecule has 40 heavy (non-hydrogen) atoms. The summed E-state index contributed by atoms with van der Waals surface area (Å²) in [4.78, 5) is 27.5. The third-order valence-electron chi connectivity index (χ3n) is 13.6. The first kappa shape index (κ1) is 28.0. The zero-order valence-electron chi connectivity index (χ0n) is 26.2. The van der Waals surface area contributed by atoms with Gasteiger partial charge in [0.1, 0.15) is 0 Å². The molecule has 0 saturated heterocycles. The summed E-state index contributed by atoms with van der Waals surface area (Å²) in [5.41, 5.74) is 3.02. The summed E-state index contributed by atoms with van der Waals surface area (Å²) in [6, 6.07) is 10.3. The van der Waals surface area contributed by atoms with Crippen LogP contribution in [-0.2, 0) is 14.3 Å². The van der Waals surface area contributed by atoms with Gasteiger partial charge in [-0.25, -0.2) is 0 Å². The number of ether oxygens (including phenoxy) is 1. The van der Waals surface area contributed by atoms with Crippen molar-refractivity contribution in [2.24, 2.45) is 50.2 Å². The van der Waals surface area contributed by atoms with E-state index in [4.69, 9.17) is 4.74 Å². The lowest BCUT2D eigenvalue weighted by molar-refractivity contribution is -0.176. The predicted molar refractivity (Wildman–Crippen MR) is 161 cm³/mol. The van der Waals surface area contributed by atoms with E-state index in [2.05, 4.69) is 72.8 Å². The molecule has 5 aliphatic rings. The number of hydrogen-bond donors (Lipinski definition) is 0. The van der Waals surface area contributed by atoms with Gasteiger partial charge in [0.15, 0.2) is 5.78 Å². The molecule has 0 unspecified atom stereocenters. The second-order valence-electron chi connectivity index (χ2n) is 16.2. The van der Waals surface area contributed by atoms with Gasteiger partial charge in [0.2, 0.25) is 0 Å². The van der Waals surface area contributed by atoms with Crippen LogP contribution >= 0.6 is 0 Å². The van der Waals surface area contributed by atoms with Crippen LogP contribution < -0.4 is 0 Å². The first-order valence-electron chi connectivity index (χ1n) is 15.8. The van der Waals surface area contributed by atoms with Crippen LogP contribution in [0.25, 0.3) is 5.57 Å². The molecule has 5 aliphatic carbocycles. The van der Waals surface area contributed by atoms with Crippen LogP contribution in [0.15, 0.2) is 48.1 Å². The lowest BCUT2D eigenvalue weighted by Gasteiger charge is -2.70. The van der Waals surface area contributed by atoms with E-state index in [1.165, 1.54) is 0 Å². The molecule has 0 aromatic heterocycles. The minimum absolute atomic E-state index is 0.0156. The molecule has 6 rings (SSSR count). The van der Waals surface area contributed by atoms with Gasteiger partial charge in [-0.2, -0.15) is 0 Å². The van der Waals surface area contributed by atoms with E-state index >= 15 is 0 Å². The van der Waals surface area contributed by atoms with Crippen LogP contribution in [0, 0.1) is 50.2 Å². The highest BCUT2D eigenvalue weighted by Gasteiger charge is 2.69. The molecule has 0 radical (unpaired) electrons. The molecule has 7 atom stereocenters. The second kappa shape index (κ2) is 8.68. The summed E-state index contributed by atoms with van der Waals surface area (Å²) in [5, 5.41) is 0. The quantitative estimate of drug-likeness (QED) is 0.277. The Morgan fingerprint density at radius 2 is 1.55 bits per heavy atom. The fourth-order valence-electron chi connectivity index (χ4n) is 11.2. The van der Waals surface area contributed by atoms with Gasteiger partial charge < -0.3 is 4.74 Å². The predicted octanol–water partition coefficient (Wildman–Crippen LogP) is 8.83. The van der Waals surface area contributed by atoms with Crippen molar-refractivity contribution in [3.05, 3.63) is 53.6 Å². The van der Waals surface area contributed by atoms with Crippen molar-refractivity contribution >= 4 is 17.3 Å². The van der Waals surface area contributed by atoms with E-state index in [0.717, 1.165) is 62.5 Å². The summed E-state index contributed by atoms with van der Waals surface area (Å²) < 4.78 is 5.53. The molecular weight excluding hydrogens is 492 g/mol. The molecular formula is C37H50O3. The SMILES string of the molecule is COC(=O)[C@]12CCC(C)(C)C[C@H]1C1=CC[C@@H]3[C@@]4(C)C=C(c5ccccc5)C(=O)C(C)(C)[C@@H]4CC[C@@]3(C)[C@]1(C)CC2. The maximum Gasteiger partial charge on any atom is 0.312 e. The van der Waals surface area contributed by atoms with Crippen LogP contribution in [0.1, 0.15) is 105 Å². The number of ketones is 1. The average molecular weight is 543 g/mol. The minimum atomic E-state index is -0.402. The summed E-state index contributed by atoms with van der Waals surface area (Å²) in [6.07, 6.45) is 13.3. The fraction of sp³-hybridized carbons (Fsp3) is 0.676. The Balaban J connectivity index is 1.49. The third-order valence-corrected chi connectivity index (χ3v) is 13.6. The maximum atomic E-state index is 14.0. The monoisotopic (exact) mass is 542 g/mol. The Labute approximate surface area is 242 Å². The Morgan fingerprint density at radius 3 is 2.23 bits per heavy atom. The third kappa shape index (κ3) is 3.48. The summed E-state index contributed by atoms with van der Waals surface area (Å²) in [5.74, 6) is 1.34. The molecule has 3 heteroatoms. The number of methoxy groups -OCH3 is 1. The van der Waals surface area contributed by atoms with Gasteiger partial charge in [-0.3, -0.25) is 9.59 Å². The number of Topliss-reactive ketones (excluding diaryl/α,β-unsaturated/α-hetero) is 1. The summed E-state index contributed by atoms with van der Waals surface area (Å²) in [7, 11) is 1.58. The molecule has 3 saturated carbocycles. The molecule has 216 valence electrons. The lowest BCUT2D eigenvalue weighted by atomic mass is 9.34. The minimum Gasteiger partial charge on any atom is -0.469 e. The number of allylic oxidation sites excluding steroid dienone is 4. The van der Waals surface area contributed by atoms with Gasteiger partial charge in [-0.1, -0.05) is 96.5 Å². The largest absolute Gasteiger partial charge is 0.469 e. The molecule has 0 spiro atoms. The van der Waals surface area contributed by atoms with E-state index < -0.39 is 5.41 Å². The zero-order chi connectivity index (χ0) is 28.9. The second-order valence-corrected chi connectivity index (χ2v) is 16.2. The van der Waals surface area contributed by atoms with E-state index in [0.29, 0.717) is 17.6 Å². The van der Waals surface area contributed by atoms with E-state index in [1.807, 2.05) is 18.2 Å². The van der Waals surface area contributed by atoms with Crippen LogP contribution in [0.4, 0.5) is 0 Å². The van der Waals surface area contributed by atoms with E-state index in [9.17, 15) is 9.59 Å². The molecule has 0 amide bonds. The normalized spacial score (nSPS) is 43.2. The van der Waals surface area contributed by atoms with Crippen molar-refractivity contribution in [1.29, 1.82) is 0 Å². The highest BCUT2D eigenvalue weighted by Crippen LogP contribution is 2.75. The number of carbonyl (C=O) groups excluding carboxylic acids is 2. The van der Waals surface area contributed by atoms with Gasteiger partial charge >= 0.3 is 5.97 Å².